The SMILES string of the molecule is Cc1cc(CS(=O)(=O)N(CC2CCNCC2)C2CC2)no1. The predicted octanol–water partition coefficient (Wildman–Crippen LogP) is 1.28. The van der Waals surface area contributed by atoms with Crippen molar-refractivity contribution in [2.75, 3.05) is 19.6 Å². The van der Waals surface area contributed by atoms with Gasteiger partial charge >= 0.3 is 0 Å². The van der Waals surface area contributed by atoms with Crippen molar-refractivity contribution >= 4 is 10.0 Å². The van der Waals surface area contributed by atoms with E-state index in [0.29, 0.717) is 23.9 Å². The Balaban J connectivity index is 1.69. The second-order valence-corrected chi connectivity index (χ2v) is 8.10. The highest BCUT2D eigenvalue weighted by Gasteiger charge is 2.38. The zero-order chi connectivity index (χ0) is 14.9. The lowest BCUT2D eigenvalue weighted by Gasteiger charge is -2.29. The van der Waals surface area contributed by atoms with E-state index < -0.39 is 10.0 Å². The highest BCUT2D eigenvalue weighted by molar-refractivity contribution is 7.88. The molecule has 2 heterocycles. The highest BCUT2D eigenvalue weighted by atomic mass is 32.2. The van der Waals surface area contributed by atoms with E-state index in [9.17, 15) is 8.42 Å². The van der Waals surface area contributed by atoms with Crippen molar-refractivity contribution in [3.63, 3.8) is 0 Å². The van der Waals surface area contributed by atoms with Gasteiger partial charge in [0.15, 0.2) is 0 Å². The number of nitrogens with zero attached hydrogens (tertiary/aromatic N) is 2. The van der Waals surface area contributed by atoms with E-state index in [2.05, 4.69) is 10.5 Å². The molecule has 7 heteroatoms. The molecule has 0 spiro atoms. The molecule has 21 heavy (non-hydrogen) atoms. The third-order valence-electron chi connectivity index (χ3n) is 4.22. The molecule has 0 amide bonds. The zero-order valence-corrected chi connectivity index (χ0v) is 13.2. The molecule has 6 nitrogen and oxygen atoms in total. The van der Waals surface area contributed by atoms with Crippen LogP contribution in [0.25, 0.3) is 0 Å². The third-order valence-corrected chi connectivity index (χ3v) is 6.04. The number of hydrogen-bond acceptors (Lipinski definition) is 5. The molecule has 0 bridgehead atoms. The lowest BCUT2D eigenvalue weighted by Crippen LogP contribution is -2.41. The number of aromatic nitrogens is 1. The molecule has 0 unspecified atom stereocenters. The van der Waals surface area contributed by atoms with Crippen molar-refractivity contribution < 1.29 is 12.9 Å². The van der Waals surface area contributed by atoms with Gasteiger partial charge in [0.25, 0.3) is 0 Å². The molecule has 1 saturated carbocycles. The minimum absolute atomic E-state index is 0.0498. The fraction of sp³-hybridized carbons (Fsp3) is 0.786. The number of sulfonamides is 1. The molecular formula is C14H23N3O3S. The Morgan fingerprint density at radius 2 is 2.05 bits per heavy atom. The largest absolute Gasteiger partial charge is 0.361 e. The number of hydrogen-bond donors (Lipinski definition) is 1. The first-order valence-electron chi connectivity index (χ1n) is 7.67. The monoisotopic (exact) mass is 313 g/mol. The van der Waals surface area contributed by atoms with Crippen molar-refractivity contribution in [1.29, 1.82) is 0 Å². The second-order valence-electron chi connectivity index (χ2n) is 6.18. The minimum atomic E-state index is -3.31. The van der Waals surface area contributed by atoms with Crippen LogP contribution in [0.3, 0.4) is 0 Å². The van der Waals surface area contributed by atoms with E-state index in [1.807, 2.05) is 0 Å². The Morgan fingerprint density at radius 1 is 1.33 bits per heavy atom. The van der Waals surface area contributed by atoms with Crippen molar-refractivity contribution in [2.45, 2.75) is 44.4 Å². The Morgan fingerprint density at radius 3 is 2.62 bits per heavy atom. The van der Waals surface area contributed by atoms with E-state index in [0.717, 1.165) is 38.8 Å². The van der Waals surface area contributed by atoms with Gasteiger partial charge in [-0.25, -0.2) is 8.42 Å². The van der Waals surface area contributed by atoms with Gasteiger partial charge in [-0.15, -0.1) is 0 Å². The van der Waals surface area contributed by atoms with Crippen LogP contribution in [0.5, 0.6) is 0 Å². The molecule has 0 radical (unpaired) electrons. The van der Waals surface area contributed by atoms with Crippen molar-refractivity contribution in [2.24, 2.45) is 5.92 Å². The molecule has 0 atom stereocenters. The molecule has 2 fully saturated rings. The molecule has 1 aliphatic carbocycles. The van der Waals surface area contributed by atoms with Crippen molar-refractivity contribution in [3.05, 3.63) is 17.5 Å². The summed E-state index contributed by atoms with van der Waals surface area (Å²) in [5.74, 6) is 1.07. The Kier molecular flexibility index (Phi) is 4.33. The Labute approximate surface area is 125 Å². The maximum Gasteiger partial charge on any atom is 0.220 e. The number of aryl methyl sites for hydroxylation is 1. The van der Waals surface area contributed by atoms with Crippen LogP contribution in [-0.2, 0) is 15.8 Å². The summed E-state index contributed by atoms with van der Waals surface area (Å²) in [6, 6.07) is 1.91. The summed E-state index contributed by atoms with van der Waals surface area (Å²) in [5.41, 5.74) is 0.503. The Bertz CT molecular complexity index is 574. The molecule has 1 aromatic rings. The van der Waals surface area contributed by atoms with Crippen LogP contribution in [-0.4, -0.2) is 43.6 Å². The summed E-state index contributed by atoms with van der Waals surface area (Å²) in [5, 5.41) is 7.14. The normalized spacial score (nSPS) is 21.0. The van der Waals surface area contributed by atoms with Crippen LogP contribution < -0.4 is 5.32 Å². The van der Waals surface area contributed by atoms with Crippen LogP contribution in [0, 0.1) is 12.8 Å². The minimum Gasteiger partial charge on any atom is -0.361 e. The van der Waals surface area contributed by atoms with Gasteiger partial charge in [0, 0.05) is 18.7 Å². The number of rotatable bonds is 6. The van der Waals surface area contributed by atoms with E-state index in [-0.39, 0.29) is 11.8 Å². The average Bonchev–Trinajstić information content (AvgIpc) is 3.20. The van der Waals surface area contributed by atoms with Gasteiger partial charge in [-0.05, 0) is 51.6 Å². The maximum atomic E-state index is 12.7. The van der Waals surface area contributed by atoms with Crippen molar-refractivity contribution in [3.8, 4) is 0 Å². The average molecular weight is 313 g/mol. The highest BCUT2D eigenvalue weighted by Crippen LogP contribution is 2.32. The molecule has 118 valence electrons. The van der Waals surface area contributed by atoms with Crippen molar-refractivity contribution in [1.82, 2.24) is 14.8 Å². The van der Waals surface area contributed by atoms with Gasteiger partial charge in [-0.3, -0.25) is 0 Å². The van der Waals surface area contributed by atoms with Crippen LogP contribution >= 0.6 is 0 Å². The molecule has 3 rings (SSSR count). The first-order valence-corrected chi connectivity index (χ1v) is 9.28. The molecule has 2 aliphatic rings. The van der Waals surface area contributed by atoms with E-state index >= 15 is 0 Å². The third kappa shape index (κ3) is 3.84. The summed E-state index contributed by atoms with van der Waals surface area (Å²) in [6.45, 7) is 4.42. The summed E-state index contributed by atoms with van der Waals surface area (Å²) < 4.78 is 32.1. The molecule has 1 N–H and O–H groups in total. The summed E-state index contributed by atoms with van der Waals surface area (Å²) in [4.78, 5) is 0. The zero-order valence-electron chi connectivity index (χ0n) is 12.4. The molecule has 1 aliphatic heterocycles. The topological polar surface area (TPSA) is 75.4 Å². The lowest BCUT2D eigenvalue weighted by atomic mass is 9.98. The van der Waals surface area contributed by atoms with Gasteiger partial charge in [0.1, 0.15) is 17.2 Å². The van der Waals surface area contributed by atoms with E-state index in [1.165, 1.54) is 0 Å². The molecule has 0 aromatic carbocycles. The van der Waals surface area contributed by atoms with Gasteiger partial charge in [-0.2, -0.15) is 4.31 Å². The first-order chi connectivity index (χ1) is 10.0. The molecule has 1 saturated heterocycles. The maximum absolute atomic E-state index is 12.7. The first kappa shape index (κ1) is 15.0. The fourth-order valence-electron chi connectivity index (χ4n) is 2.93. The standard InChI is InChI=1S/C14H23N3O3S/c1-11-8-13(16-20-11)10-21(18,19)17(14-2-3-14)9-12-4-6-15-7-5-12/h8,12,14-15H,2-7,9-10H2,1H3. The van der Waals surface area contributed by atoms with Crippen LogP contribution in [0.15, 0.2) is 10.6 Å². The predicted molar refractivity (Wildman–Crippen MR) is 79.2 cm³/mol. The van der Waals surface area contributed by atoms with Crippen LogP contribution in [0.1, 0.15) is 37.1 Å². The fourth-order valence-corrected chi connectivity index (χ4v) is 4.71. The lowest BCUT2D eigenvalue weighted by molar-refractivity contribution is 0.283. The summed E-state index contributed by atoms with van der Waals surface area (Å²) in [6.07, 6.45) is 4.09. The molecule has 1 aromatic heterocycles. The number of nitrogens with one attached hydrogen (secondary N) is 1. The Hall–Kier alpha value is -0.920. The van der Waals surface area contributed by atoms with E-state index in [4.69, 9.17) is 4.52 Å². The van der Waals surface area contributed by atoms with Crippen LogP contribution in [0.2, 0.25) is 0 Å². The van der Waals surface area contributed by atoms with Gasteiger partial charge in [-0.1, -0.05) is 5.16 Å². The van der Waals surface area contributed by atoms with Gasteiger partial charge in [0.2, 0.25) is 10.0 Å². The quantitative estimate of drug-likeness (QED) is 0.856. The van der Waals surface area contributed by atoms with Crippen LogP contribution in [0.4, 0.5) is 0 Å². The van der Waals surface area contributed by atoms with Gasteiger partial charge in [0.05, 0.1) is 0 Å². The summed E-state index contributed by atoms with van der Waals surface area (Å²) in [7, 11) is -3.31. The smallest absolute Gasteiger partial charge is 0.220 e. The molecular weight excluding hydrogens is 290 g/mol. The van der Waals surface area contributed by atoms with Gasteiger partial charge < -0.3 is 9.84 Å². The second kappa shape index (κ2) is 6.06. The summed E-state index contributed by atoms with van der Waals surface area (Å²) >= 11 is 0. The number of piperidine rings is 1. The van der Waals surface area contributed by atoms with E-state index in [1.54, 1.807) is 17.3 Å².